The minimum absolute atomic E-state index is 0.0300. The largest absolute Gasteiger partial charge is 0.493 e. The number of piperidine rings is 1. The van der Waals surface area contributed by atoms with Crippen LogP contribution in [0.4, 0.5) is 0 Å². The first-order chi connectivity index (χ1) is 19.9. The smallest absolute Gasteiger partial charge is 0.166 e. The lowest BCUT2D eigenvalue weighted by Crippen LogP contribution is -2.34. The van der Waals surface area contributed by atoms with E-state index < -0.39 is 98.4 Å². The molecule has 28 heavy (non-hydrogen) atoms. The zero-order valence-corrected chi connectivity index (χ0v) is 15.3. The van der Waals surface area contributed by atoms with E-state index in [2.05, 4.69) is 0 Å². The van der Waals surface area contributed by atoms with Crippen molar-refractivity contribution in [1.29, 1.82) is 0 Å². The Hall–Kier alpha value is -2.33. The first kappa shape index (κ1) is 7.83. The van der Waals surface area contributed by atoms with Crippen molar-refractivity contribution in [2.24, 2.45) is 11.8 Å². The first-order valence-corrected chi connectivity index (χ1v) is 8.54. The average Bonchev–Trinajstić information content (AvgIpc) is 3.28. The zero-order chi connectivity index (χ0) is 33.7. The van der Waals surface area contributed by atoms with Gasteiger partial charge in [0.2, 0.25) is 0 Å². The van der Waals surface area contributed by atoms with Crippen molar-refractivity contribution < 1.29 is 36.2 Å². The monoisotopic (exact) mass is 395 g/mol. The van der Waals surface area contributed by atoms with E-state index in [-0.39, 0.29) is 27.5 Å². The number of ether oxygens (including phenoxy) is 2. The number of fused-ring (bicyclic) bond motifs is 1. The van der Waals surface area contributed by atoms with Gasteiger partial charge in [0, 0.05) is 33.1 Å². The van der Waals surface area contributed by atoms with Crippen LogP contribution in [0.3, 0.4) is 0 Å². The van der Waals surface area contributed by atoms with Crippen LogP contribution in [0.5, 0.6) is 11.5 Å². The lowest BCUT2D eigenvalue weighted by Gasteiger charge is -2.32. The molecule has 1 aliphatic carbocycles. The van der Waals surface area contributed by atoms with Gasteiger partial charge in [0.05, 0.1) is 21.1 Å². The predicted molar refractivity (Wildman–Crippen MR) is 110 cm³/mol. The third-order valence-corrected chi connectivity index (χ3v) is 4.43. The van der Waals surface area contributed by atoms with Crippen LogP contribution in [0.15, 0.2) is 42.3 Å². The van der Waals surface area contributed by atoms with Crippen LogP contribution in [0.1, 0.15) is 62.5 Å². The molecule has 0 N–H and O–H groups in total. The Bertz CT molecular complexity index is 1490. The normalized spacial score (nSPS) is 37.4. The molecule has 4 rings (SSSR count). The molecule has 0 spiro atoms. The van der Waals surface area contributed by atoms with Gasteiger partial charge in [-0.25, -0.2) is 0 Å². The molecule has 1 aliphatic heterocycles. The SMILES string of the molecule is [2H]c1c([2H])c([2H])c(CN2C([2H])([2H])C([2H])([2H])C([2H])(C([2H])([2H])C3Cc4cc(OC)c(OC)cc4C3=O)C([2H])([2H])C2([2H])[2H])c([2H])c1[2H]. The number of carbonyl (C=O) groups excluding carboxylic acids is 1. The van der Waals surface area contributed by atoms with Crippen molar-refractivity contribution in [2.75, 3.05) is 27.2 Å². The van der Waals surface area contributed by atoms with Gasteiger partial charge in [-0.3, -0.25) is 9.69 Å². The molecule has 0 saturated carbocycles. The zero-order valence-electron chi connectivity index (χ0n) is 31.3. The number of hydrogen-bond donors (Lipinski definition) is 0. The summed E-state index contributed by atoms with van der Waals surface area (Å²) in [5, 5.41) is 0. The number of nitrogens with zero attached hydrogens (tertiary/aromatic N) is 1. The molecule has 2 aromatic rings. The van der Waals surface area contributed by atoms with E-state index in [1.807, 2.05) is 0 Å². The summed E-state index contributed by atoms with van der Waals surface area (Å²) in [5.74, 6) is -6.55. The molecule has 1 heterocycles. The highest BCUT2D eigenvalue weighted by Crippen LogP contribution is 2.39. The summed E-state index contributed by atoms with van der Waals surface area (Å²) in [6, 6.07) is -1.57. The van der Waals surface area contributed by atoms with E-state index in [9.17, 15) is 4.79 Å². The van der Waals surface area contributed by atoms with E-state index in [1.54, 1.807) is 0 Å². The van der Waals surface area contributed by atoms with Gasteiger partial charge in [0.25, 0.3) is 0 Å². The fourth-order valence-corrected chi connectivity index (χ4v) is 3.08. The second-order valence-corrected chi connectivity index (χ2v) is 6.17. The number of methoxy groups -OCH3 is 2. The summed E-state index contributed by atoms with van der Waals surface area (Å²) < 4.78 is 147. The summed E-state index contributed by atoms with van der Waals surface area (Å²) in [4.78, 5) is 13.5. The Morgan fingerprint density at radius 3 is 2.54 bits per heavy atom. The molecule has 0 bridgehead atoms. The fraction of sp³-hybridized carbons (Fsp3) is 0.458. The predicted octanol–water partition coefficient (Wildman–Crippen LogP) is 4.36. The Kier molecular flexibility index (Phi) is 2.34. The Balaban J connectivity index is 1.89. The fourth-order valence-electron chi connectivity index (χ4n) is 3.08. The number of benzene rings is 2. The topological polar surface area (TPSA) is 38.8 Å². The summed E-state index contributed by atoms with van der Waals surface area (Å²) in [5.41, 5.74) is -0.512. The Morgan fingerprint density at radius 2 is 1.86 bits per heavy atom. The second kappa shape index (κ2) is 8.36. The van der Waals surface area contributed by atoms with Crippen LogP contribution < -0.4 is 9.47 Å². The first-order valence-electron chi connectivity index (χ1n) is 16.5. The Morgan fingerprint density at radius 1 is 1.18 bits per heavy atom. The van der Waals surface area contributed by atoms with Gasteiger partial charge in [0.1, 0.15) is 0 Å². The minimum atomic E-state index is -3.94. The minimum Gasteiger partial charge on any atom is -0.493 e. The Labute approximate surface area is 189 Å². The van der Waals surface area contributed by atoms with E-state index >= 15 is 0 Å². The van der Waals surface area contributed by atoms with Gasteiger partial charge in [-0.05, 0) is 67.7 Å². The maximum absolute atomic E-state index is 13.6. The summed E-state index contributed by atoms with van der Waals surface area (Å²) in [6.45, 7) is -8.71. The standard InChI is InChI=1S/C24H29NO3/c1-27-22-14-19-13-20(24(26)21(19)15-23(22)28-2)12-17-8-10-25(11-9-17)16-18-6-4-3-5-7-18/h3-7,14-15,17,20H,8-13,16H2,1-2H3/i3D,4D,5D,6D,7D,8D2,9D2,10D2,11D2,12D2,17D. The average molecular weight is 396 g/mol. The van der Waals surface area contributed by atoms with E-state index in [1.165, 1.54) is 26.4 Å². The number of carbonyl (C=O) groups is 1. The van der Waals surface area contributed by atoms with E-state index in [4.69, 9.17) is 31.4 Å². The van der Waals surface area contributed by atoms with Crippen LogP contribution in [-0.2, 0) is 13.0 Å². The summed E-state index contributed by atoms with van der Waals surface area (Å²) >= 11 is 0. The van der Waals surface area contributed by atoms with Crippen molar-refractivity contribution in [3.63, 3.8) is 0 Å². The highest BCUT2D eigenvalue weighted by molar-refractivity contribution is 6.02. The molecule has 1 saturated heterocycles. The highest BCUT2D eigenvalue weighted by atomic mass is 16.5. The van der Waals surface area contributed by atoms with Gasteiger partial charge >= 0.3 is 0 Å². The van der Waals surface area contributed by atoms with Gasteiger partial charge < -0.3 is 9.47 Å². The molecular weight excluding hydrogens is 350 g/mol. The highest BCUT2D eigenvalue weighted by Gasteiger charge is 2.34. The van der Waals surface area contributed by atoms with Crippen LogP contribution in [0, 0.1) is 11.8 Å². The number of ketones is 1. The molecule has 2 aliphatic rings. The molecular formula is C24H29NO3. The van der Waals surface area contributed by atoms with Gasteiger partial charge in [-0.2, -0.15) is 0 Å². The van der Waals surface area contributed by atoms with Crippen LogP contribution in [-0.4, -0.2) is 37.9 Å². The third-order valence-electron chi connectivity index (χ3n) is 4.43. The molecule has 2 aromatic carbocycles. The van der Waals surface area contributed by atoms with Crippen molar-refractivity contribution in [3.05, 3.63) is 59.0 Å². The molecule has 1 fully saturated rings. The van der Waals surface area contributed by atoms with Crippen LogP contribution in [0.25, 0.3) is 0 Å². The maximum Gasteiger partial charge on any atom is 0.166 e. The van der Waals surface area contributed by atoms with E-state index in [0.717, 1.165) is 0 Å². The quantitative estimate of drug-likeness (QED) is 0.728. The molecule has 1 atom stereocenters. The number of rotatable bonds is 6. The summed E-state index contributed by atoms with van der Waals surface area (Å²) in [7, 11) is 2.62. The number of likely N-dealkylation sites (tertiary alicyclic amines) is 1. The maximum atomic E-state index is 13.6. The van der Waals surface area contributed by atoms with Crippen molar-refractivity contribution in [2.45, 2.75) is 32.1 Å². The van der Waals surface area contributed by atoms with Crippen molar-refractivity contribution in [1.82, 2.24) is 4.90 Å². The molecule has 4 nitrogen and oxygen atoms in total. The number of hydrogen-bond acceptors (Lipinski definition) is 4. The van der Waals surface area contributed by atoms with Gasteiger partial charge in [-0.1, -0.05) is 30.2 Å². The van der Waals surface area contributed by atoms with E-state index in [0.29, 0.717) is 0 Å². The van der Waals surface area contributed by atoms with Crippen molar-refractivity contribution in [3.8, 4) is 11.5 Å². The van der Waals surface area contributed by atoms with Crippen LogP contribution >= 0.6 is 0 Å². The summed E-state index contributed by atoms with van der Waals surface area (Å²) in [6.07, 6.45) is -11.9. The molecule has 148 valence electrons. The van der Waals surface area contributed by atoms with Gasteiger partial charge in [-0.15, -0.1) is 0 Å². The molecule has 1 unspecified atom stereocenters. The molecule has 4 heteroatoms. The second-order valence-electron chi connectivity index (χ2n) is 6.17. The van der Waals surface area contributed by atoms with Gasteiger partial charge in [0.15, 0.2) is 17.3 Å². The van der Waals surface area contributed by atoms with Crippen molar-refractivity contribution >= 4 is 5.78 Å². The molecule has 0 radical (unpaired) electrons. The lowest BCUT2D eigenvalue weighted by atomic mass is 9.85. The van der Waals surface area contributed by atoms with Crippen LogP contribution in [0.2, 0.25) is 0 Å². The lowest BCUT2D eigenvalue weighted by molar-refractivity contribution is 0.0895. The molecule has 0 aromatic heterocycles. The molecule has 0 amide bonds. The number of Topliss-reactive ketones (excluding diaryl/α,β-unsaturated/α-hetero) is 1. The third kappa shape index (κ3) is 3.93.